The van der Waals surface area contributed by atoms with E-state index < -0.39 is 33.1 Å². The van der Waals surface area contributed by atoms with Crippen LogP contribution in [0.15, 0.2) is 24.3 Å². The first-order valence-corrected chi connectivity index (χ1v) is 14.7. The Morgan fingerprint density at radius 2 is 1.83 bits per heavy atom. The monoisotopic (exact) mass is 529 g/mol. The van der Waals surface area contributed by atoms with Crippen molar-refractivity contribution < 1.29 is 26.4 Å². The zero-order valence-electron chi connectivity index (χ0n) is 21.1. The summed E-state index contributed by atoms with van der Waals surface area (Å²) in [6.45, 7) is 5.87. The molecule has 1 saturated heterocycles. The Balaban J connectivity index is 1.37. The van der Waals surface area contributed by atoms with Gasteiger partial charge in [-0.1, -0.05) is 44.9 Å². The molecule has 0 bridgehead atoms. The highest BCUT2D eigenvalue weighted by Crippen LogP contribution is 2.39. The lowest BCUT2D eigenvalue weighted by Gasteiger charge is -2.26. The summed E-state index contributed by atoms with van der Waals surface area (Å²) >= 11 is 0. The fraction of sp³-hybridized carbons (Fsp3) is 0.731. The molecule has 4 rings (SSSR count). The minimum Gasteiger partial charge on any atom is -0.352 e. The maximum atomic E-state index is 13.3. The number of rotatable bonds is 9. The van der Waals surface area contributed by atoms with Crippen molar-refractivity contribution in [3.63, 3.8) is 0 Å². The normalized spacial score (nSPS) is 26.4. The first kappa shape index (κ1) is 27.4. The van der Waals surface area contributed by atoms with Crippen molar-refractivity contribution in [2.75, 3.05) is 13.1 Å². The summed E-state index contributed by atoms with van der Waals surface area (Å²) in [5.41, 5.74) is -0.00974. The summed E-state index contributed by atoms with van der Waals surface area (Å²) in [4.78, 5) is 15.4. The largest absolute Gasteiger partial charge is 0.416 e. The van der Waals surface area contributed by atoms with Crippen molar-refractivity contribution in [3.05, 3.63) is 35.4 Å². The van der Waals surface area contributed by atoms with Crippen LogP contribution in [-0.2, 0) is 27.5 Å². The topological polar surface area (TPSA) is 78.5 Å². The van der Waals surface area contributed by atoms with Crippen LogP contribution in [0.4, 0.5) is 13.2 Å². The Kier molecular flexibility index (Phi) is 8.36. The summed E-state index contributed by atoms with van der Waals surface area (Å²) in [6.07, 6.45) is 0.918. The van der Waals surface area contributed by atoms with Crippen molar-refractivity contribution in [1.82, 2.24) is 14.9 Å². The predicted octanol–water partition coefficient (Wildman–Crippen LogP) is 4.31. The summed E-state index contributed by atoms with van der Waals surface area (Å²) in [6, 6.07) is 4.61. The van der Waals surface area contributed by atoms with Crippen molar-refractivity contribution in [2.45, 2.75) is 88.8 Å². The number of amides is 1. The van der Waals surface area contributed by atoms with Gasteiger partial charge >= 0.3 is 6.18 Å². The fourth-order valence-electron chi connectivity index (χ4n) is 6.23. The Morgan fingerprint density at radius 1 is 1.11 bits per heavy atom. The molecule has 2 aliphatic carbocycles. The molecule has 4 atom stereocenters. The molecule has 1 aliphatic heterocycles. The lowest BCUT2D eigenvalue weighted by atomic mass is 9.97. The number of hydrogen-bond acceptors (Lipinski definition) is 4. The first-order valence-electron chi connectivity index (χ1n) is 13.1. The smallest absolute Gasteiger partial charge is 0.352 e. The Bertz CT molecular complexity index is 1020. The van der Waals surface area contributed by atoms with Crippen LogP contribution in [0.2, 0.25) is 0 Å². The van der Waals surface area contributed by atoms with E-state index in [9.17, 15) is 26.4 Å². The highest BCUT2D eigenvalue weighted by atomic mass is 32.2. The molecule has 36 heavy (non-hydrogen) atoms. The number of likely N-dealkylation sites (tertiary alicyclic amines) is 1. The number of halogens is 3. The van der Waals surface area contributed by atoms with Gasteiger partial charge in [0.1, 0.15) is 6.04 Å². The van der Waals surface area contributed by atoms with Crippen molar-refractivity contribution >= 4 is 15.9 Å². The molecule has 0 spiro atoms. The fourth-order valence-corrected chi connectivity index (χ4v) is 7.97. The quantitative estimate of drug-likeness (QED) is 0.500. The molecule has 0 unspecified atom stereocenters. The first-order chi connectivity index (χ1) is 16.9. The number of sulfonamides is 1. The number of alkyl halides is 3. The van der Waals surface area contributed by atoms with E-state index in [0.29, 0.717) is 43.8 Å². The second-order valence-corrected chi connectivity index (χ2v) is 13.3. The number of nitrogens with zero attached hydrogens (tertiary/aromatic N) is 1. The van der Waals surface area contributed by atoms with Crippen molar-refractivity contribution in [2.24, 2.45) is 17.8 Å². The summed E-state index contributed by atoms with van der Waals surface area (Å²) in [7, 11) is -3.56. The van der Waals surface area contributed by atoms with Gasteiger partial charge < -0.3 is 5.32 Å². The van der Waals surface area contributed by atoms with Gasteiger partial charge in [-0.2, -0.15) is 13.2 Å². The molecule has 3 fully saturated rings. The zero-order valence-corrected chi connectivity index (χ0v) is 21.9. The van der Waals surface area contributed by atoms with Crippen molar-refractivity contribution in [3.8, 4) is 0 Å². The highest BCUT2D eigenvalue weighted by molar-refractivity contribution is 7.90. The standard InChI is InChI=1S/C26H38F3N3O3S/c1-17(2)12-24(31-36(34,35)21-8-3-4-9-21)25(33)30-23-11-10-19-15-32(16-22(19)23)14-18-6-5-7-20(13-18)26(27,28)29/h5-7,13,17,19,21-24,31H,3-4,8-12,14-16H2,1-2H3,(H,30,33)/t19-,22+,23+,24-/m0/s1. The Labute approximate surface area is 212 Å². The molecule has 10 heteroatoms. The van der Waals surface area contributed by atoms with Gasteiger partial charge in [-0.05, 0) is 61.5 Å². The molecule has 2 saturated carbocycles. The Morgan fingerprint density at radius 3 is 2.50 bits per heavy atom. The number of nitrogens with one attached hydrogen (secondary N) is 2. The summed E-state index contributed by atoms with van der Waals surface area (Å²) in [5.74, 6) is 0.468. The average molecular weight is 530 g/mol. The molecule has 202 valence electrons. The molecule has 6 nitrogen and oxygen atoms in total. The molecule has 0 radical (unpaired) electrons. The molecule has 0 aromatic heterocycles. The summed E-state index contributed by atoms with van der Waals surface area (Å²) in [5, 5.41) is 2.72. The van der Waals surface area contributed by atoms with Crippen LogP contribution in [0.5, 0.6) is 0 Å². The number of fused-ring (bicyclic) bond motifs is 1. The maximum Gasteiger partial charge on any atom is 0.416 e. The summed E-state index contributed by atoms with van der Waals surface area (Å²) < 4.78 is 67.7. The van der Waals surface area contributed by atoms with Gasteiger partial charge in [0.15, 0.2) is 0 Å². The molecule has 1 heterocycles. The second-order valence-electron chi connectivity index (χ2n) is 11.3. The van der Waals surface area contributed by atoms with E-state index in [1.165, 1.54) is 12.1 Å². The minimum atomic E-state index is -4.36. The van der Waals surface area contributed by atoms with Gasteiger partial charge in [0, 0.05) is 25.7 Å². The number of benzene rings is 1. The third-order valence-corrected chi connectivity index (χ3v) is 9.95. The van der Waals surface area contributed by atoms with Crippen LogP contribution in [0, 0.1) is 17.8 Å². The predicted molar refractivity (Wildman–Crippen MR) is 132 cm³/mol. The maximum absolute atomic E-state index is 13.3. The van der Waals surface area contributed by atoms with E-state index in [0.717, 1.165) is 38.3 Å². The van der Waals surface area contributed by atoms with Gasteiger partial charge in [-0.3, -0.25) is 9.69 Å². The van der Waals surface area contributed by atoms with E-state index in [4.69, 9.17) is 0 Å². The number of hydrogen-bond donors (Lipinski definition) is 2. The van der Waals surface area contributed by atoms with Crippen LogP contribution < -0.4 is 10.0 Å². The van der Waals surface area contributed by atoms with Crippen LogP contribution in [0.1, 0.15) is 69.9 Å². The molecular weight excluding hydrogens is 491 g/mol. The molecule has 1 aromatic carbocycles. The van der Waals surface area contributed by atoms with Gasteiger partial charge in [0.05, 0.1) is 10.8 Å². The molecule has 3 aliphatic rings. The van der Waals surface area contributed by atoms with E-state index >= 15 is 0 Å². The third kappa shape index (κ3) is 6.61. The van der Waals surface area contributed by atoms with Gasteiger partial charge in [0.25, 0.3) is 0 Å². The van der Waals surface area contributed by atoms with E-state index in [1.54, 1.807) is 6.07 Å². The van der Waals surface area contributed by atoms with Crippen LogP contribution in [0.25, 0.3) is 0 Å². The molecule has 2 N–H and O–H groups in total. The van der Waals surface area contributed by atoms with Crippen LogP contribution in [0.3, 0.4) is 0 Å². The van der Waals surface area contributed by atoms with Gasteiger partial charge in [-0.25, -0.2) is 13.1 Å². The SMILES string of the molecule is CC(C)C[C@H](NS(=O)(=O)C1CCCC1)C(=O)N[C@@H]1CC[C@H]2CN(Cc3cccc(C(F)(F)F)c3)C[C@H]21. The molecule has 1 aromatic rings. The van der Waals surface area contributed by atoms with E-state index in [-0.39, 0.29) is 23.8 Å². The third-order valence-electron chi connectivity index (χ3n) is 7.99. The van der Waals surface area contributed by atoms with E-state index in [1.807, 2.05) is 13.8 Å². The molecular formula is C26H38F3N3O3S. The minimum absolute atomic E-state index is 0.0559. The molecule has 1 amide bonds. The van der Waals surface area contributed by atoms with Crippen LogP contribution >= 0.6 is 0 Å². The number of carbonyl (C=O) groups is 1. The zero-order chi connectivity index (χ0) is 26.1. The highest BCUT2D eigenvalue weighted by Gasteiger charge is 2.44. The lowest BCUT2D eigenvalue weighted by molar-refractivity contribution is -0.137. The van der Waals surface area contributed by atoms with Gasteiger partial charge in [0.2, 0.25) is 15.9 Å². The van der Waals surface area contributed by atoms with Gasteiger partial charge in [-0.15, -0.1) is 0 Å². The number of carbonyl (C=O) groups excluding carboxylic acids is 1. The Hall–Kier alpha value is -1.65. The van der Waals surface area contributed by atoms with E-state index in [2.05, 4.69) is 14.9 Å². The lowest BCUT2D eigenvalue weighted by Crippen LogP contribution is -2.52. The second kappa shape index (κ2) is 11.0. The van der Waals surface area contributed by atoms with Crippen LogP contribution in [-0.4, -0.2) is 49.6 Å². The average Bonchev–Trinajstić information content (AvgIpc) is 3.52. The van der Waals surface area contributed by atoms with Crippen molar-refractivity contribution in [1.29, 1.82) is 0 Å².